The number of para-hydroxylation sites is 1. The predicted molar refractivity (Wildman–Crippen MR) is 169 cm³/mol. The van der Waals surface area contributed by atoms with Crippen LogP contribution in [-0.4, -0.2) is 31.0 Å². The fourth-order valence-electron chi connectivity index (χ4n) is 5.48. The third-order valence-electron chi connectivity index (χ3n) is 7.75. The van der Waals surface area contributed by atoms with Gasteiger partial charge in [0.2, 0.25) is 0 Å². The van der Waals surface area contributed by atoms with E-state index in [2.05, 4.69) is 84.3 Å². The summed E-state index contributed by atoms with van der Waals surface area (Å²) in [5, 5.41) is 0.720. The molecule has 2 aliphatic rings. The maximum Gasteiger partial charge on any atom is 0.327 e. The first kappa shape index (κ1) is 30.7. The average Bonchev–Trinajstić information content (AvgIpc) is 3.25. The summed E-state index contributed by atoms with van der Waals surface area (Å²) in [7, 11) is -4.01. The van der Waals surface area contributed by atoms with E-state index < -0.39 is 10.1 Å². The lowest BCUT2D eigenvalue weighted by atomic mass is 9.82. The Hall–Kier alpha value is -2.26. The highest BCUT2D eigenvalue weighted by molar-refractivity contribution is 9.11. The molecule has 0 spiro atoms. The van der Waals surface area contributed by atoms with Gasteiger partial charge >= 0.3 is 5.82 Å². The van der Waals surface area contributed by atoms with Crippen LogP contribution in [0.4, 0.5) is 11.5 Å². The van der Waals surface area contributed by atoms with Gasteiger partial charge in [0, 0.05) is 27.8 Å². The Morgan fingerprint density at radius 3 is 2.58 bits per heavy atom. The Balaban J connectivity index is 1.61. The second kappa shape index (κ2) is 11.9. The molecular weight excluding hydrogens is 610 g/mol. The summed E-state index contributed by atoms with van der Waals surface area (Å²) in [6.45, 7) is 12.2. The Morgan fingerprint density at radius 1 is 1.15 bits per heavy atom. The minimum absolute atomic E-state index is 0.271. The van der Waals surface area contributed by atoms with Crippen molar-refractivity contribution in [1.82, 2.24) is 0 Å². The quantitative estimate of drug-likeness (QED) is 0.164. The molecule has 1 aromatic carbocycles. The van der Waals surface area contributed by atoms with Crippen molar-refractivity contribution in [2.45, 2.75) is 71.3 Å². The summed E-state index contributed by atoms with van der Waals surface area (Å²) in [5.41, 5.74) is 4.85. The predicted octanol–water partition coefficient (Wildman–Crippen LogP) is 7.59. The molecule has 214 valence electrons. The number of pyridine rings is 1. The molecule has 0 unspecified atom stereocenters. The molecule has 2 aliphatic heterocycles. The third kappa shape index (κ3) is 6.46. The molecule has 0 bridgehead atoms. The molecule has 0 atom stereocenters. The molecule has 3 heterocycles. The summed E-state index contributed by atoms with van der Waals surface area (Å²) in [6.07, 6.45) is 12.6. The molecule has 0 radical (unpaired) electrons. The van der Waals surface area contributed by atoms with Crippen molar-refractivity contribution in [1.29, 1.82) is 0 Å². The van der Waals surface area contributed by atoms with Gasteiger partial charge in [-0.1, -0.05) is 72.9 Å². The van der Waals surface area contributed by atoms with Crippen molar-refractivity contribution in [2.24, 2.45) is 4.99 Å². The number of allylic oxidation sites excluding steroid dienone is 6. The zero-order valence-corrected chi connectivity index (χ0v) is 26.9. The minimum atomic E-state index is -4.01. The number of aromatic nitrogens is 1. The largest absolute Gasteiger partial charge is 0.344 e. The lowest BCUT2D eigenvalue weighted by molar-refractivity contribution is -0.684. The molecule has 40 heavy (non-hydrogen) atoms. The van der Waals surface area contributed by atoms with Crippen LogP contribution in [0.3, 0.4) is 0 Å². The van der Waals surface area contributed by atoms with Crippen LogP contribution in [0.5, 0.6) is 0 Å². The topological polar surface area (TPSA) is 73.8 Å². The van der Waals surface area contributed by atoms with Crippen molar-refractivity contribution >= 4 is 54.9 Å². The van der Waals surface area contributed by atoms with Gasteiger partial charge in [0.25, 0.3) is 10.1 Å². The highest BCUT2D eigenvalue weighted by Gasteiger charge is 2.42. The zero-order valence-electron chi connectivity index (χ0n) is 23.8. The fraction of sp³-hybridized carbons (Fsp3) is 0.419. The average molecular weight is 648 g/mol. The van der Waals surface area contributed by atoms with Gasteiger partial charge in [-0.15, -0.1) is 0 Å². The van der Waals surface area contributed by atoms with Crippen molar-refractivity contribution < 1.29 is 17.5 Å². The van der Waals surface area contributed by atoms with Gasteiger partial charge in [0.05, 0.1) is 28.3 Å². The number of fused-ring (bicyclic) bond motifs is 2. The van der Waals surface area contributed by atoms with E-state index in [0.717, 1.165) is 57.4 Å². The summed E-state index contributed by atoms with van der Waals surface area (Å²) in [5.74, 6) is 0.696. The highest BCUT2D eigenvalue weighted by Crippen LogP contribution is 2.47. The van der Waals surface area contributed by atoms with Gasteiger partial charge in [0.1, 0.15) is 6.20 Å². The highest BCUT2D eigenvalue weighted by atomic mass is 79.9. The monoisotopic (exact) mass is 646 g/mol. The molecule has 0 saturated heterocycles. The second-order valence-electron chi connectivity index (χ2n) is 11.4. The first-order valence-corrected chi connectivity index (χ1v) is 16.4. The van der Waals surface area contributed by atoms with Crippen molar-refractivity contribution in [3.8, 4) is 0 Å². The lowest BCUT2D eigenvalue weighted by Gasteiger charge is -2.27. The van der Waals surface area contributed by atoms with E-state index in [0.29, 0.717) is 13.0 Å². The molecule has 6 nitrogen and oxygen atoms in total. The molecule has 0 aliphatic carbocycles. The molecule has 0 amide bonds. The Bertz CT molecular complexity index is 1520. The fourth-order valence-corrected chi connectivity index (χ4v) is 6.47. The number of anilines is 1. The number of rotatable bonds is 10. The Labute approximate surface area is 252 Å². The number of unbranched alkanes of at least 4 members (excludes halogenated alkanes) is 1. The molecule has 9 heteroatoms. The van der Waals surface area contributed by atoms with Crippen LogP contribution in [0.25, 0.3) is 0 Å². The number of aliphatic imine (C=N–C) groups is 1. The third-order valence-corrected chi connectivity index (χ3v) is 9.29. The number of hydrogen-bond acceptors (Lipinski definition) is 4. The number of benzene rings is 1. The van der Waals surface area contributed by atoms with Crippen LogP contribution in [0.2, 0.25) is 5.02 Å². The second-order valence-corrected chi connectivity index (χ2v) is 14.4. The van der Waals surface area contributed by atoms with E-state index in [1.54, 1.807) is 0 Å². The van der Waals surface area contributed by atoms with Gasteiger partial charge < -0.3 is 4.90 Å². The first-order valence-electron chi connectivity index (χ1n) is 13.7. The molecule has 0 fully saturated rings. The van der Waals surface area contributed by atoms with Crippen LogP contribution in [0, 0.1) is 0 Å². The van der Waals surface area contributed by atoms with Gasteiger partial charge in [-0.3, -0.25) is 4.55 Å². The van der Waals surface area contributed by atoms with E-state index in [1.807, 2.05) is 36.5 Å². The van der Waals surface area contributed by atoms with E-state index in [-0.39, 0.29) is 16.6 Å². The number of nitrogens with zero attached hydrogens (tertiary/aromatic N) is 3. The summed E-state index contributed by atoms with van der Waals surface area (Å²) < 4.78 is 35.0. The van der Waals surface area contributed by atoms with Crippen LogP contribution < -0.4 is 9.47 Å². The van der Waals surface area contributed by atoms with Gasteiger partial charge in [0.15, 0.2) is 5.71 Å². The minimum Gasteiger partial charge on any atom is -0.344 e. The maximum absolute atomic E-state index is 11.3. The van der Waals surface area contributed by atoms with Gasteiger partial charge in [-0.05, 0) is 73.7 Å². The van der Waals surface area contributed by atoms with E-state index >= 15 is 0 Å². The van der Waals surface area contributed by atoms with Gasteiger partial charge in [-0.2, -0.15) is 8.42 Å². The van der Waals surface area contributed by atoms with Crippen molar-refractivity contribution in [2.75, 3.05) is 17.2 Å². The number of halogens is 2. The standard InChI is InChI=1S/C31H37BrClN3O3S/c1-6-7-17-35-21-23(33)20-25-29(35)34-27(30(25,2)3)15-13-22(32)14-16-28-31(4,5)24-11-8-9-12-26(24)36(28)18-10-19-40(37,38)39/h8-9,11-16,20-21H,6-7,10,17-19H2,1-5H3/p+1. The number of hydrogen-bond donors (Lipinski definition) is 1. The Kier molecular flexibility index (Phi) is 9.15. The zero-order chi connectivity index (χ0) is 29.3. The molecule has 1 aromatic heterocycles. The van der Waals surface area contributed by atoms with E-state index in [1.165, 1.54) is 5.56 Å². The van der Waals surface area contributed by atoms with Crippen molar-refractivity contribution in [3.05, 3.63) is 87.2 Å². The van der Waals surface area contributed by atoms with Crippen molar-refractivity contribution in [3.63, 3.8) is 0 Å². The summed E-state index contributed by atoms with van der Waals surface area (Å²) in [4.78, 5) is 7.17. The smallest absolute Gasteiger partial charge is 0.327 e. The number of aryl methyl sites for hydroxylation is 1. The van der Waals surface area contributed by atoms with E-state index in [4.69, 9.17) is 16.6 Å². The van der Waals surface area contributed by atoms with Crippen LogP contribution >= 0.6 is 27.5 Å². The molecular formula is C31H38BrClN3O3S+. The molecule has 2 aromatic rings. The summed E-state index contributed by atoms with van der Waals surface area (Å²) in [6, 6.07) is 10.2. The normalized spacial score (nSPS) is 18.9. The Morgan fingerprint density at radius 2 is 1.88 bits per heavy atom. The lowest BCUT2D eigenvalue weighted by Crippen LogP contribution is -2.35. The van der Waals surface area contributed by atoms with Gasteiger partial charge in [-0.25, -0.2) is 4.57 Å². The van der Waals surface area contributed by atoms with Crippen LogP contribution in [-0.2, 0) is 27.5 Å². The van der Waals surface area contributed by atoms with Crippen LogP contribution in [0.15, 0.2) is 76.0 Å². The SMILES string of the molecule is CCCC[n+]1cc(Cl)cc2c1N=C(/C=C/C(Br)=C/C=C1/N(CCCS(=O)(=O)O)c3ccccc3C1(C)C)C2(C)C. The van der Waals surface area contributed by atoms with E-state index in [9.17, 15) is 13.0 Å². The molecule has 0 saturated carbocycles. The maximum atomic E-state index is 11.3. The summed E-state index contributed by atoms with van der Waals surface area (Å²) >= 11 is 10.2. The molecule has 1 N–H and O–H groups in total. The van der Waals surface area contributed by atoms with Crippen LogP contribution in [0.1, 0.15) is 65.0 Å². The molecule has 4 rings (SSSR count). The first-order chi connectivity index (χ1) is 18.8.